The molecule has 94 valence electrons. The number of nitrogens with one attached hydrogen (secondary N) is 1. The molecule has 0 aliphatic carbocycles. The van der Waals surface area contributed by atoms with Crippen LogP contribution in [0.3, 0.4) is 0 Å². The van der Waals surface area contributed by atoms with Gasteiger partial charge in [0.15, 0.2) is 0 Å². The molecular formula is C13H26N2O. The molecule has 3 heteroatoms. The van der Waals surface area contributed by atoms with Gasteiger partial charge in [-0.05, 0) is 44.7 Å². The average molecular weight is 226 g/mol. The van der Waals surface area contributed by atoms with E-state index in [0.29, 0.717) is 5.92 Å². The fourth-order valence-electron chi connectivity index (χ4n) is 3.07. The van der Waals surface area contributed by atoms with Gasteiger partial charge in [-0.25, -0.2) is 0 Å². The second-order valence-electron chi connectivity index (χ2n) is 5.39. The number of nitrogens with zero attached hydrogens (tertiary/aromatic N) is 1. The van der Waals surface area contributed by atoms with Crippen LogP contribution in [0.15, 0.2) is 0 Å². The molecule has 2 saturated heterocycles. The molecule has 2 aliphatic rings. The van der Waals surface area contributed by atoms with Gasteiger partial charge in [0.05, 0.1) is 0 Å². The highest BCUT2D eigenvalue weighted by Gasteiger charge is 2.29. The summed E-state index contributed by atoms with van der Waals surface area (Å²) in [5.74, 6) is 1.40. The fourth-order valence-corrected chi connectivity index (χ4v) is 3.07. The minimum atomic E-state index is -0.181. The lowest BCUT2D eigenvalue weighted by atomic mass is 9.91. The van der Waals surface area contributed by atoms with Crippen molar-refractivity contribution >= 4 is 0 Å². The summed E-state index contributed by atoms with van der Waals surface area (Å²) in [6.07, 6.45) is 5.94. The number of rotatable bonds is 3. The Labute approximate surface area is 99.2 Å². The van der Waals surface area contributed by atoms with E-state index in [1.165, 1.54) is 19.3 Å². The van der Waals surface area contributed by atoms with Crippen molar-refractivity contribution in [2.24, 2.45) is 11.8 Å². The summed E-state index contributed by atoms with van der Waals surface area (Å²) in [6, 6.07) is 0. The predicted molar refractivity (Wildman–Crippen MR) is 66.2 cm³/mol. The Bertz CT molecular complexity index is 196. The standard InChI is InChI=1S/C13H26N2O/c1-2-11-5-9-15(10-6-11)13(16)12-3-7-14-8-4-12/h11-14,16H,2-10H2,1H3. The molecule has 1 unspecified atom stereocenters. The maximum atomic E-state index is 10.4. The lowest BCUT2D eigenvalue weighted by molar-refractivity contribution is -0.0631. The topological polar surface area (TPSA) is 35.5 Å². The first-order chi connectivity index (χ1) is 7.81. The summed E-state index contributed by atoms with van der Waals surface area (Å²) in [5.41, 5.74) is 0. The molecule has 0 aromatic rings. The molecule has 1 atom stereocenters. The van der Waals surface area contributed by atoms with Crippen LogP contribution in [0.5, 0.6) is 0 Å². The quantitative estimate of drug-likeness (QED) is 0.764. The molecule has 16 heavy (non-hydrogen) atoms. The highest BCUT2D eigenvalue weighted by Crippen LogP contribution is 2.25. The molecule has 0 bridgehead atoms. The molecule has 2 fully saturated rings. The summed E-state index contributed by atoms with van der Waals surface area (Å²) in [5, 5.41) is 13.7. The van der Waals surface area contributed by atoms with Gasteiger partial charge in [-0.15, -0.1) is 0 Å². The zero-order valence-corrected chi connectivity index (χ0v) is 10.5. The molecular weight excluding hydrogens is 200 g/mol. The van der Waals surface area contributed by atoms with Crippen molar-refractivity contribution in [3.8, 4) is 0 Å². The van der Waals surface area contributed by atoms with Crippen LogP contribution in [0.25, 0.3) is 0 Å². The number of hydrogen-bond acceptors (Lipinski definition) is 3. The Morgan fingerprint density at radius 2 is 1.81 bits per heavy atom. The van der Waals surface area contributed by atoms with E-state index in [9.17, 15) is 5.11 Å². The van der Waals surface area contributed by atoms with Gasteiger partial charge in [-0.3, -0.25) is 4.90 Å². The highest BCUT2D eigenvalue weighted by molar-refractivity contribution is 4.79. The molecule has 2 heterocycles. The Hall–Kier alpha value is -0.120. The van der Waals surface area contributed by atoms with E-state index in [0.717, 1.165) is 44.9 Å². The molecule has 2 rings (SSSR count). The van der Waals surface area contributed by atoms with E-state index in [1.54, 1.807) is 0 Å². The van der Waals surface area contributed by atoms with E-state index >= 15 is 0 Å². The van der Waals surface area contributed by atoms with Crippen LogP contribution >= 0.6 is 0 Å². The molecule has 0 spiro atoms. The van der Waals surface area contributed by atoms with Crippen molar-refractivity contribution in [2.45, 2.75) is 45.3 Å². The molecule has 2 N–H and O–H groups in total. The highest BCUT2D eigenvalue weighted by atomic mass is 16.3. The zero-order chi connectivity index (χ0) is 11.4. The number of hydrogen-bond donors (Lipinski definition) is 2. The Morgan fingerprint density at radius 3 is 2.38 bits per heavy atom. The van der Waals surface area contributed by atoms with Crippen LogP contribution in [-0.2, 0) is 0 Å². The average Bonchev–Trinajstić information content (AvgIpc) is 2.39. The van der Waals surface area contributed by atoms with E-state index < -0.39 is 0 Å². The van der Waals surface area contributed by atoms with Crippen molar-refractivity contribution in [3.63, 3.8) is 0 Å². The third-order valence-electron chi connectivity index (χ3n) is 4.41. The number of likely N-dealkylation sites (tertiary alicyclic amines) is 1. The van der Waals surface area contributed by atoms with E-state index in [4.69, 9.17) is 0 Å². The molecule has 3 nitrogen and oxygen atoms in total. The minimum Gasteiger partial charge on any atom is -0.378 e. The Kier molecular flexibility index (Phi) is 4.62. The summed E-state index contributed by atoms with van der Waals surface area (Å²) in [6.45, 7) is 6.64. The van der Waals surface area contributed by atoms with E-state index in [2.05, 4.69) is 17.1 Å². The van der Waals surface area contributed by atoms with Gasteiger partial charge in [0.1, 0.15) is 6.23 Å². The number of aliphatic hydroxyl groups is 1. The van der Waals surface area contributed by atoms with Crippen LogP contribution in [0.2, 0.25) is 0 Å². The maximum absolute atomic E-state index is 10.4. The lowest BCUT2D eigenvalue weighted by Gasteiger charge is -2.39. The first-order valence-corrected chi connectivity index (χ1v) is 6.94. The second-order valence-corrected chi connectivity index (χ2v) is 5.39. The van der Waals surface area contributed by atoms with Gasteiger partial charge in [0.25, 0.3) is 0 Å². The Balaban J connectivity index is 1.78. The summed E-state index contributed by atoms with van der Waals surface area (Å²) >= 11 is 0. The number of aliphatic hydroxyl groups excluding tert-OH is 1. The third-order valence-corrected chi connectivity index (χ3v) is 4.41. The smallest absolute Gasteiger partial charge is 0.110 e. The van der Waals surface area contributed by atoms with E-state index in [-0.39, 0.29) is 6.23 Å². The first kappa shape index (κ1) is 12.3. The largest absolute Gasteiger partial charge is 0.378 e. The zero-order valence-electron chi connectivity index (χ0n) is 10.5. The molecule has 0 amide bonds. The summed E-state index contributed by atoms with van der Waals surface area (Å²) < 4.78 is 0. The SMILES string of the molecule is CCC1CCN(C(O)C2CCNCC2)CC1. The van der Waals surface area contributed by atoms with Crippen molar-refractivity contribution < 1.29 is 5.11 Å². The van der Waals surface area contributed by atoms with Gasteiger partial charge in [-0.1, -0.05) is 13.3 Å². The van der Waals surface area contributed by atoms with Gasteiger partial charge >= 0.3 is 0 Å². The Morgan fingerprint density at radius 1 is 1.19 bits per heavy atom. The molecule has 2 aliphatic heterocycles. The minimum absolute atomic E-state index is 0.181. The van der Waals surface area contributed by atoms with Crippen molar-refractivity contribution in [1.29, 1.82) is 0 Å². The normalized spacial score (nSPS) is 28.1. The maximum Gasteiger partial charge on any atom is 0.110 e. The van der Waals surface area contributed by atoms with Crippen LogP contribution in [-0.4, -0.2) is 42.4 Å². The van der Waals surface area contributed by atoms with Gasteiger partial charge in [0, 0.05) is 19.0 Å². The lowest BCUT2D eigenvalue weighted by Crippen LogP contribution is -2.47. The van der Waals surface area contributed by atoms with Crippen molar-refractivity contribution in [1.82, 2.24) is 10.2 Å². The predicted octanol–water partition coefficient (Wildman–Crippen LogP) is 1.43. The third kappa shape index (κ3) is 2.96. The molecule has 0 radical (unpaired) electrons. The van der Waals surface area contributed by atoms with Crippen LogP contribution in [0, 0.1) is 11.8 Å². The summed E-state index contributed by atoms with van der Waals surface area (Å²) in [7, 11) is 0. The fraction of sp³-hybridized carbons (Fsp3) is 1.00. The van der Waals surface area contributed by atoms with Crippen LogP contribution in [0.4, 0.5) is 0 Å². The molecule has 0 saturated carbocycles. The van der Waals surface area contributed by atoms with Gasteiger partial charge in [0.2, 0.25) is 0 Å². The number of piperidine rings is 2. The van der Waals surface area contributed by atoms with Crippen LogP contribution in [0.1, 0.15) is 39.0 Å². The second kappa shape index (κ2) is 5.99. The van der Waals surface area contributed by atoms with Crippen molar-refractivity contribution in [3.05, 3.63) is 0 Å². The molecule has 0 aromatic carbocycles. The monoisotopic (exact) mass is 226 g/mol. The van der Waals surface area contributed by atoms with Crippen LogP contribution < -0.4 is 5.32 Å². The molecule has 0 aromatic heterocycles. The van der Waals surface area contributed by atoms with Gasteiger partial charge < -0.3 is 10.4 Å². The first-order valence-electron chi connectivity index (χ1n) is 6.94. The summed E-state index contributed by atoms with van der Waals surface area (Å²) in [4.78, 5) is 2.31. The van der Waals surface area contributed by atoms with Gasteiger partial charge in [-0.2, -0.15) is 0 Å². The van der Waals surface area contributed by atoms with E-state index in [1.807, 2.05) is 0 Å². The van der Waals surface area contributed by atoms with Crippen molar-refractivity contribution in [2.75, 3.05) is 26.2 Å².